The number of nitrogens with zero attached hydrogens (tertiary/aromatic N) is 1. The summed E-state index contributed by atoms with van der Waals surface area (Å²) in [5, 5.41) is 5.97. The van der Waals surface area contributed by atoms with E-state index < -0.39 is 10.0 Å². The van der Waals surface area contributed by atoms with E-state index >= 15 is 0 Å². The van der Waals surface area contributed by atoms with Crippen LogP contribution in [0.5, 0.6) is 5.75 Å². The molecule has 0 saturated carbocycles. The van der Waals surface area contributed by atoms with Crippen LogP contribution in [0.4, 0.5) is 5.69 Å². The molecule has 1 amide bonds. The Labute approximate surface area is 153 Å². The highest BCUT2D eigenvalue weighted by Gasteiger charge is 2.30. The number of rotatable bonds is 6. The molecule has 1 aromatic carbocycles. The van der Waals surface area contributed by atoms with Gasteiger partial charge >= 0.3 is 0 Å². The summed E-state index contributed by atoms with van der Waals surface area (Å²) in [4.78, 5) is 12.4. The Morgan fingerprint density at radius 1 is 1.38 bits per heavy atom. The third kappa shape index (κ3) is 4.17. The summed E-state index contributed by atoms with van der Waals surface area (Å²) < 4.78 is 38.2. The number of anilines is 1. The quantitative estimate of drug-likeness (QED) is 0.749. The maximum absolute atomic E-state index is 13.0. The molecule has 0 aliphatic carbocycles. The number of ether oxygens (including phenoxy) is 2. The number of nitrogens with one attached hydrogen (secondary N) is 2. The Hall–Kier alpha value is -1.68. The maximum Gasteiger partial charge on any atom is 0.246 e. The first-order chi connectivity index (χ1) is 12.5. The molecule has 0 radical (unpaired) electrons. The van der Waals surface area contributed by atoms with Crippen molar-refractivity contribution in [1.82, 2.24) is 9.62 Å². The number of hydrogen-bond donors (Lipinski definition) is 2. The lowest BCUT2D eigenvalue weighted by molar-refractivity contribution is -0.119. The SMILES string of the molecule is CCOc1ccc(NC(=O)C2CCNC2)cc1S(=O)(=O)N1CCOCC1. The van der Waals surface area contributed by atoms with Gasteiger partial charge in [-0.3, -0.25) is 4.79 Å². The van der Waals surface area contributed by atoms with E-state index in [0.717, 1.165) is 13.0 Å². The van der Waals surface area contributed by atoms with Crippen LogP contribution in [0.2, 0.25) is 0 Å². The summed E-state index contributed by atoms with van der Waals surface area (Å²) >= 11 is 0. The summed E-state index contributed by atoms with van der Waals surface area (Å²) in [6.07, 6.45) is 0.780. The molecule has 3 rings (SSSR count). The van der Waals surface area contributed by atoms with Gasteiger partial charge in [0.25, 0.3) is 0 Å². The number of amides is 1. The second kappa shape index (κ2) is 8.34. The molecule has 2 aliphatic heterocycles. The molecule has 2 fully saturated rings. The first kappa shape index (κ1) is 19.1. The van der Waals surface area contributed by atoms with Gasteiger partial charge in [0, 0.05) is 25.3 Å². The molecule has 144 valence electrons. The van der Waals surface area contributed by atoms with Crippen LogP contribution in [-0.4, -0.2) is 64.6 Å². The minimum atomic E-state index is -3.73. The number of carbonyl (C=O) groups is 1. The largest absolute Gasteiger partial charge is 0.492 e. The number of morpholine rings is 1. The van der Waals surface area contributed by atoms with Crippen LogP contribution in [0.25, 0.3) is 0 Å². The smallest absolute Gasteiger partial charge is 0.246 e. The van der Waals surface area contributed by atoms with Crippen LogP contribution < -0.4 is 15.4 Å². The number of benzene rings is 1. The van der Waals surface area contributed by atoms with Gasteiger partial charge in [-0.15, -0.1) is 0 Å². The highest BCUT2D eigenvalue weighted by atomic mass is 32.2. The lowest BCUT2D eigenvalue weighted by atomic mass is 10.1. The number of hydrogen-bond acceptors (Lipinski definition) is 6. The van der Waals surface area contributed by atoms with Crippen molar-refractivity contribution in [2.75, 3.05) is 51.3 Å². The maximum atomic E-state index is 13.0. The van der Waals surface area contributed by atoms with Crippen molar-refractivity contribution in [2.45, 2.75) is 18.2 Å². The van der Waals surface area contributed by atoms with E-state index in [1.807, 2.05) is 0 Å². The van der Waals surface area contributed by atoms with Crippen molar-refractivity contribution in [3.8, 4) is 5.75 Å². The van der Waals surface area contributed by atoms with Crippen molar-refractivity contribution < 1.29 is 22.7 Å². The van der Waals surface area contributed by atoms with Crippen LogP contribution in [0, 0.1) is 5.92 Å². The monoisotopic (exact) mass is 383 g/mol. The molecule has 1 unspecified atom stereocenters. The first-order valence-corrected chi connectivity index (χ1v) is 10.3. The fourth-order valence-corrected chi connectivity index (χ4v) is 4.68. The zero-order valence-electron chi connectivity index (χ0n) is 14.9. The molecule has 2 N–H and O–H groups in total. The lowest BCUT2D eigenvalue weighted by Crippen LogP contribution is -2.40. The van der Waals surface area contributed by atoms with Crippen LogP contribution in [-0.2, 0) is 19.6 Å². The van der Waals surface area contributed by atoms with Crippen molar-refractivity contribution in [2.24, 2.45) is 5.92 Å². The summed E-state index contributed by atoms with van der Waals surface area (Å²) in [7, 11) is -3.73. The molecule has 1 atom stereocenters. The number of sulfonamides is 1. The molecule has 2 aliphatic rings. The molecule has 2 heterocycles. The van der Waals surface area contributed by atoms with E-state index in [1.54, 1.807) is 19.1 Å². The molecule has 2 saturated heterocycles. The molecular weight excluding hydrogens is 358 g/mol. The van der Waals surface area contributed by atoms with Gasteiger partial charge in [0.2, 0.25) is 15.9 Å². The van der Waals surface area contributed by atoms with Crippen LogP contribution in [0.3, 0.4) is 0 Å². The highest BCUT2D eigenvalue weighted by Crippen LogP contribution is 2.30. The van der Waals surface area contributed by atoms with Gasteiger partial charge in [0.15, 0.2) is 0 Å². The molecule has 0 bridgehead atoms. The van der Waals surface area contributed by atoms with E-state index in [2.05, 4.69) is 10.6 Å². The Kier molecular flexibility index (Phi) is 6.13. The van der Waals surface area contributed by atoms with Crippen molar-refractivity contribution in [3.63, 3.8) is 0 Å². The van der Waals surface area contributed by atoms with Gasteiger partial charge in [0.05, 0.1) is 25.7 Å². The average Bonchev–Trinajstić information content (AvgIpc) is 3.19. The summed E-state index contributed by atoms with van der Waals surface area (Å²) in [6.45, 7) is 4.96. The highest BCUT2D eigenvalue weighted by molar-refractivity contribution is 7.89. The van der Waals surface area contributed by atoms with Crippen molar-refractivity contribution in [1.29, 1.82) is 0 Å². The minimum Gasteiger partial charge on any atom is -0.492 e. The third-order valence-corrected chi connectivity index (χ3v) is 6.45. The molecule has 0 aromatic heterocycles. The second-order valence-electron chi connectivity index (χ2n) is 6.29. The fourth-order valence-electron chi connectivity index (χ4n) is 3.11. The lowest BCUT2D eigenvalue weighted by Gasteiger charge is -2.27. The van der Waals surface area contributed by atoms with Crippen LogP contribution in [0.15, 0.2) is 23.1 Å². The standard InChI is InChI=1S/C17H25N3O5S/c1-2-25-15-4-3-14(19-17(21)13-5-6-18-12-13)11-16(15)26(22,23)20-7-9-24-10-8-20/h3-4,11,13,18H,2,5-10,12H2,1H3,(H,19,21). The minimum absolute atomic E-state index is 0.0728. The van der Waals surface area contributed by atoms with Gasteiger partial charge in [-0.05, 0) is 38.1 Å². The number of carbonyl (C=O) groups excluding carboxylic acids is 1. The zero-order chi connectivity index (χ0) is 18.6. The first-order valence-electron chi connectivity index (χ1n) is 8.88. The Bertz CT molecular complexity index is 741. The van der Waals surface area contributed by atoms with Gasteiger partial charge in [-0.2, -0.15) is 4.31 Å². The van der Waals surface area contributed by atoms with Gasteiger partial charge < -0.3 is 20.1 Å². The van der Waals surface area contributed by atoms with E-state index in [1.165, 1.54) is 10.4 Å². The summed E-state index contributed by atoms with van der Waals surface area (Å²) in [5.41, 5.74) is 0.456. The zero-order valence-corrected chi connectivity index (χ0v) is 15.7. The molecule has 0 spiro atoms. The average molecular weight is 383 g/mol. The van der Waals surface area contributed by atoms with E-state index in [9.17, 15) is 13.2 Å². The fraction of sp³-hybridized carbons (Fsp3) is 0.588. The Morgan fingerprint density at radius 3 is 2.81 bits per heavy atom. The van der Waals surface area contributed by atoms with Crippen LogP contribution >= 0.6 is 0 Å². The molecule has 8 nitrogen and oxygen atoms in total. The molecular formula is C17H25N3O5S. The van der Waals surface area contributed by atoms with Crippen molar-refractivity contribution >= 4 is 21.6 Å². The van der Waals surface area contributed by atoms with Gasteiger partial charge in [-0.25, -0.2) is 8.42 Å². The van der Waals surface area contributed by atoms with E-state index in [4.69, 9.17) is 9.47 Å². The van der Waals surface area contributed by atoms with E-state index in [-0.39, 0.29) is 16.7 Å². The second-order valence-corrected chi connectivity index (χ2v) is 8.20. The van der Waals surface area contributed by atoms with E-state index in [0.29, 0.717) is 50.9 Å². The summed E-state index contributed by atoms with van der Waals surface area (Å²) in [6, 6.07) is 4.75. The van der Waals surface area contributed by atoms with Crippen molar-refractivity contribution in [3.05, 3.63) is 18.2 Å². The van der Waals surface area contributed by atoms with Gasteiger partial charge in [-0.1, -0.05) is 0 Å². The normalized spacial score (nSPS) is 21.5. The summed E-state index contributed by atoms with van der Waals surface area (Å²) in [5.74, 6) is 0.0919. The predicted octanol–water partition coefficient (Wildman–Crippen LogP) is 0.654. The Balaban J connectivity index is 1.87. The predicted molar refractivity (Wildman–Crippen MR) is 96.8 cm³/mol. The van der Waals surface area contributed by atoms with Gasteiger partial charge in [0.1, 0.15) is 10.6 Å². The molecule has 1 aromatic rings. The Morgan fingerprint density at radius 2 is 2.15 bits per heavy atom. The topological polar surface area (TPSA) is 97.0 Å². The van der Waals surface area contributed by atoms with Crippen LogP contribution in [0.1, 0.15) is 13.3 Å². The third-order valence-electron chi connectivity index (χ3n) is 4.53. The molecule has 9 heteroatoms. The molecule has 26 heavy (non-hydrogen) atoms.